The van der Waals surface area contributed by atoms with Gasteiger partial charge >= 0.3 is 0 Å². The van der Waals surface area contributed by atoms with E-state index in [2.05, 4.69) is 26.2 Å². The van der Waals surface area contributed by atoms with Gasteiger partial charge in [0.25, 0.3) is 0 Å². The van der Waals surface area contributed by atoms with Gasteiger partial charge in [0.15, 0.2) is 5.82 Å². The number of hydrogen-bond donors (Lipinski definition) is 1. The van der Waals surface area contributed by atoms with E-state index in [1.165, 1.54) is 30.5 Å². The molecular weight excluding hydrogens is 358 g/mol. The van der Waals surface area contributed by atoms with Gasteiger partial charge in [-0.2, -0.15) is 0 Å². The van der Waals surface area contributed by atoms with Crippen molar-refractivity contribution >= 4 is 15.9 Å². The zero-order chi connectivity index (χ0) is 15.9. The highest BCUT2D eigenvalue weighted by molar-refractivity contribution is 9.10. The molecule has 2 rings (SSSR count). The Morgan fingerprint density at radius 3 is 2.64 bits per heavy atom. The van der Waals surface area contributed by atoms with Gasteiger partial charge in [-0.1, -0.05) is 0 Å². The van der Waals surface area contributed by atoms with Gasteiger partial charge < -0.3 is 14.8 Å². The summed E-state index contributed by atoms with van der Waals surface area (Å²) in [5, 5.41) is 2.92. The summed E-state index contributed by atoms with van der Waals surface area (Å²) >= 11 is 3.06. The molecule has 0 saturated carbocycles. The molecule has 1 heterocycles. The van der Waals surface area contributed by atoms with Gasteiger partial charge in [0, 0.05) is 12.6 Å². The van der Waals surface area contributed by atoms with Crippen LogP contribution in [-0.2, 0) is 6.61 Å². The molecule has 0 fully saturated rings. The molecule has 22 heavy (non-hydrogen) atoms. The Morgan fingerprint density at radius 2 is 1.95 bits per heavy atom. The number of likely N-dealkylation sites (N-methyl/N-ethyl adjacent to an activating group) is 1. The predicted molar refractivity (Wildman–Crippen MR) is 82.0 cm³/mol. The Labute approximate surface area is 135 Å². The van der Waals surface area contributed by atoms with Crippen LogP contribution in [0.15, 0.2) is 34.9 Å². The molecule has 0 unspecified atom stereocenters. The van der Waals surface area contributed by atoms with Gasteiger partial charge in [-0.25, -0.2) is 8.78 Å². The average molecular weight is 373 g/mol. The van der Waals surface area contributed by atoms with Gasteiger partial charge in [0.05, 0.1) is 10.7 Å². The number of ether oxygens (including phenoxy) is 2. The van der Waals surface area contributed by atoms with Crippen LogP contribution in [0.5, 0.6) is 11.5 Å². The van der Waals surface area contributed by atoms with Crippen molar-refractivity contribution in [2.24, 2.45) is 0 Å². The minimum Gasteiger partial charge on any atom is -0.491 e. The Bertz CT molecular complexity index is 641. The molecule has 0 amide bonds. The summed E-state index contributed by atoms with van der Waals surface area (Å²) in [4.78, 5) is 3.98. The van der Waals surface area contributed by atoms with Crippen molar-refractivity contribution in [3.05, 3.63) is 52.3 Å². The molecule has 118 valence electrons. The molecule has 1 N–H and O–H groups in total. The van der Waals surface area contributed by atoms with E-state index in [1.54, 1.807) is 7.05 Å². The summed E-state index contributed by atoms with van der Waals surface area (Å²) in [5.41, 5.74) is 0.154. The molecule has 0 spiro atoms. The van der Waals surface area contributed by atoms with E-state index in [-0.39, 0.29) is 22.6 Å². The summed E-state index contributed by atoms with van der Waals surface area (Å²) in [5.74, 6) is -0.118. The number of hydrogen-bond acceptors (Lipinski definition) is 4. The van der Waals surface area contributed by atoms with E-state index in [4.69, 9.17) is 9.47 Å². The number of nitrogens with zero attached hydrogens (tertiary/aromatic N) is 1. The second-order valence-electron chi connectivity index (χ2n) is 4.42. The van der Waals surface area contributed by atoms with Crippen molar-refractivity contribution in [2.45, 2.75) is 6.61 Å². The third-order valence-electron chi connectivity index (χ3n) is 2.78. The first kappa shape index (κ1) is 16.6. The molecular formula is C15H15BrF2N2O2. The first-order valence-corrected chi connectivity index (χ1v) is 7.39. The summed E-state index contributed by atoms with van der Waals surface area (Å²) in [6.45, 7) is 1.03. The van der Waals surface area contributed by atoms with Gasteiger partial charge in [-0.15, -0.1) is 0 Å². The highest BCUT2D eigenvalue weighted by Gasteiger charge is 2.08. The third kappa shape index (κ3) is 4.64. The van der Waals surface area contributed by atoms with Gasteiger partial charge in [-0.3, -0.25) is 4.98 Å². The van der Waals surface area contributed by atoms with E-state index in [0.29, 0.717) is 24.7 Å². The highest BCUT2D eigenvalue weighted by Crippen LogP contribution is 2.23. The summed E-state index contributed by atoms with van der Waals surface area (Å²) in [6, 6.07) is 5.47. The van der Waals surface area contributed by atoms with Crippen LogP contribution in [0.25, 0.3) is 0 Å². The topological polar surface area (TPSA) is 43.4 Å². The molecule has 1 aromatic carbocycles. The fraction of sp³-hybridized carbons (Fsp3) is 0.267. The first-order valence-electron chi connectivity index (χ1n) is 6.60. The maximum Gasteiger partial charge on any atom is 0.151 e. The molecule has 4 nitrogen and oxygen atoms in total. The SMILES string of the molecule is CNCCOc1cnc(COc2ccc(F)c(Br)c2)c(F)c1. The quantitative estimate of drug-likeness (QED) is 0.757. The van der Waals surface area contributed by atoms with Gasteiger partial charge in [-0.05, 0) is 41.2 Å². The molecule has 0 aliphatic carbocycles. The maximum atomic E-state index is 13.9. The number of halogens is 3. The number of rotatable bonds is 7. The van der Waals surface area contributed by atoms with Crippen LogP contribution >= 0.6 is 15.9 Å². The lowest BCUT2D eigenvalue weighted by Gasteiger charge is -2.09. The molecule has 0 aliphatic heterocycles. The van der Waals surface area contributed by atoms with E-state index in [9.17, 15) is 8.78 Å². The van der Waals surface area contributed by atoms with Crippen LogP contribution < -0.4 is 14.8 Å². The Kier molecular flexibility index (Phi) is 6.09. The summed E-state index contributed by atoms with van der Waals surface area (Å²) < 4.78 is 38.0. The van der Waals surface area contributed by atoms with Crippen LogP contribution in [0.4, 0.5) is 8.78 Å². The summed E-state index contributed by atoms with van der Waals surface area (Å²) in [6.07, 6.45) is 1.44. The standard InChI is InChI=1S/C15H15BrF2N2O2/c1-19-4-5-21-11-7-14(18)15(20-8-11)9-22-10-2-3-13(17)12(16)6-10/h2-3,6-8,19H,4-5,9H2,1H3. The van der Waals surface area contributed by atoms with Crippen molar-refractivity contribution in [3.8, 4) is 11.5 Å². The number of nitrogens with one attached hydrogen (secondary N) is 1. The van der Waals surface area contributed by atoms with Crippen LogP contribution in [0.2, 0.25) is 0 Å². The van der Waals surface area contributed by atoms with Crippen LogP contribution in [0.1, 0.15) is 5.69 Å². The van der Waals surface area contributed by atoms with E-state index in [0.717, 1.165) is 0 Å². The Balaban J connectivity index is 1.96. The van der Waals surface area contributed by atoms with Crippen molar-refractivity contribution < 1.29 is 18.3 Å². The highest BCUT2D eigenvalue weighted by atomic mass is 79.9. The zero-order valence-corrected chi connectivity index (χ0v) is 13.5. The normalized spacial score (nSPS) is 10.5. The molecule has 2 aromatic rings. The molecule has 7 heteroatoms. The average Bonchev–Trinajstić information content (AvgIpc) is 2.50. The van der Waals surface area contributed by atoms with Crippen LogP contribution in [-0.4, -0.2) is 25.2 Å². The van der Waals surface area contributed by atoms with Crippen molar-refractivity contribution in [1.29, 1.82) is 0 Å². The van der Waals surface area contributed by atoms with Crippen LogP contribution in [0.3, 0.4) is 0 Å². The molecule has 0 bridgehead atoms. The van der Waals surface area contributed by atoms with Crippen LogP contribution in [0, 0.1) is 11.6 Å². The largest absolute Gasteiger partial charge is 0.491 e. The lowest BCUT2D eigenvalue weighted by Crippen LogP contribution is -2.16. The molecule has 0 radical (unpaired) electrons. The van der Waals surface area contributed by atoms with E-state index < -0.39 is 5.82 Å². The Hall–Kier alpha value is -1.73. The number of benzene rings is 1. The number of aromatic nitrogens is 1. The van der Waals surface area contributed by atoms with E-state index >= 15 is 0 Å². The second-order valence-corrected chi connectivity index (χ2v) is 5.27. The molecule has 0 saturated heterocycles. The Morgan fingerprint density at radius 1 is 1.14 bits per heavy atom. The lowest BCUT2D eigenvalue weighted by atomic mass is 10.3. The van der Waals surface area contributed by atoms with Crippen molar-refractivity contribution in [1.82, 2.24) is 10.3 Å². The van der Waals surface area contributed by atoms with Gasteiger partial charge in [0.1, 0.15) is 36.2 Å². The molecule has 1 aromatic heterocycles. The third-order valence-corrected chi connectivity index (χ3v) is 3.39. The predicted octanol–water partition coefficient (Wildman–Crippen LogP) is 3.30. The van der Waals surface area contributed by atoms with E-state index in [1.807, 2.05) is 0 Å². The molecule has 0 aliphatic rings. The lowest BCUT2D eigenvalue weighted by molar-refractivity contribution is 0.289. The minimum atomic E-state index is -0.511. The minimum absolute atomic E-state index is 0.0549. The fourth-order valence-electron chi connectivity index (χ4n) is 1.62. The second kappa shape index (κ2) is 8.05. The summed E-state index contributed by atoms with van der Waals surface area (Å²) in [7, 11) is 1.80. The van der Waals surface area contributed by atoms with Crippen molar-refractivity contribution in [3.63, 3.8) is 0 Å². The fourth-order valence-corrected chi connectivity index (χ4v) is 1.98. The van der Waals surface area contributed by atoms with Crippen molar-refractivity contribution in [2.75, 3.05) is 20.2 Å². The molecule has 0 atom stereocenters. The zero-order valence-electron chi connectivity index (χ0n) is 11.9. The smallest absolute Gasteiger partial charge is 0.151 e. The monoisotopic (exact) mass is 372 g/mol. The van der Waals surface area contributed by atoms with Gasteiger partial charge in [0.2, 0.25) is 0 Å². The number of pyridine rings is 1. The first-order chi connectivity index (χ1) is 10.6. The maximum absolute atomic E-state index is 13.9.